The number of nitrogens with zero attached hydrogens (tertiary/aromatic N) is 3. The minimum Gasteiger partial charge on any atom is -0.381 e. The SMILES string of the molecule is CCCn1ncnc1CC1(CCl)CCOCC1. The Labute approximate surface area is 107 Å². The summed E-state index contributed by atoms with van der Waals surface area (Å²) in [5, 5.41) is 4.27. The first-order chi connectivity index (χ1) is 8.29. The number of rotatable bonds is 5. The van der Waals surface area contributed by atoms with Crippen molar-refractivity contribution in [2.45, 2.75) is 39.2 Å². The highest BCUT2D eigenvalue weighted by atomic mass is 35.5. The summed E-state index contributed by atoms with van der Waals surface area (Å²) in [6.45, 7) is 4.71. The minimum absolute atomic E-state index is 0.151. The molecule has 96 valence electrons. The first-order valence-electron chi connectivity index (χ1n) is 6.30. The first kappa shape index (κ1) is 12.8. The average molecular weight is 258 g/mol. The third-order valence-corrected chi connectivity index (χ3v) is 4.07. The smallest absolute Gasteiger partial charge is 0.138 e. The third kappa shape index (κ3) is 2.99. The summed E-state index contributed by atoms with van der Waals surface area (Å²) in [6, 6.07) is 0. The Kier molecular flexibility index (Phi) is 4.40. The van der Waals surface area contributed by atoms with Crippen molar-refractivity contribution in [1.29, 1.82) is 0 Å². The molecule has 1 aliphatic rings. The molecular formula is C12H20ClN3O. The Balaban J connectivity index is 2.09. The van der Waals surface area contributed by atoms with Crippen LogP contribution < -0.4 is 0 Å². The van der Waals surface area contributed by atoms with Crippen molar-refractivity contribution in [3.8, 4) is 0 Å². The maximum absolute atomic E-state index is 6.17. The van der Waals surface area contributed by atoms with Gasteiger partial charge in [-0.3, -0.25) is 4.68 Å². The molecule has 17 heavy (non-hydrogen) atoms. The van der Waals surface area contributed by atoms with Gasteiger partial charge in [-0.25, -0.2) is 4.98 Å². The Hall–Kier alpha value is -0.610. The molecule has 0 unspecified atom stereocenters. The molecular weight excluding hydrogens is 238 g/mol. The van der Waals surface area contributed by atoms with E-state index in [4.69, 9.17) is 16.3 Å². The van der Waals surface area contributed by atoms with Crippen LogP contribution in [0.2, 0.25) is 0 Å². The molecule has 1 aliphatic heterocycles. The van der Waals surface area contributed by atoms with E-state index in [1.807, 2.05) is 4.68 Å². The Morgan fingerprint density at radius 1 is 1.47 bits per heavy atom. The predicted octanol–water partition coefficient (Wildman–Crippen LogP) is 2.27. The van der Waals surface area contributed by atoms with Gasteiger partial charge in [-0.15, -0.1) is 11.6 Å². The zero-order chi connectivity index (χ0) is 12.1. The number of halogens is 1. The molecule has 0 aliphatic carbocycles. The minimum atomic E-state index is 0.151. The molecule has 5 heteroatoms. The summed E-state index contributed by atoms with van der Waals surface area (Å²) in [4.78, 5) is 4.37. The fourth-order valence-corrected chi connectivity index (χ4v) is 2.68. The van der Waals surface area contributed by atoms with Gasteiger partial charge in [-0.2, -0.15) is 5.10 Å². The number of hydrogen-bond acceptors (Lipinski definition) is 3. The Morgan fingerprint density at radius 2 is 2.24 bits per heavy atom. The Morgan fingerprint density at radius 3 is 2.88 bits per heavy atom. The zero-order valence-corrected chi connectivity index (χ0v) is 11.1. The quantitative estimate of drug-likeness (QED) is 0.760. The summed E-state index contributed by atoms with van der Waals surface area (Å²) in [6.07, 6.45) is 5.68. The molecule has 0 aromatic carbocycles. The van der Waals surface area contributed by atoms with E-state index >= 15 is 0 Å². The predicted molar refractivity (Wildman–Crippen MR) is 67.2 cm³/mol. The molecule has 0 bridgehead atoms. The van der Waals surface area contributed by atoms with Crippen LogP contribution in [0.1, 0.15) is 32.0 Å². The van der Waals surface area contributed by atoms with Crippen molar-refractivity contribution in [3.05, 3.63) is 12.2 Å². The zero-order valence-electron chi connectivity index (χ0n) is 10.4. The lowest BCUT2D eigenvalue weighted by atomic mass is 9.79. The van der Waals surface area contributed by atoms with E-state index in [1.54, 1.807) is 6.33 Å². The fourth-order valence-electron chi connectivity index (χ4n) is 2.32. The lowest BCUT2D eigenvalue weighted by Crippen LogP contribution is -2.34. The normalized spacial score (nSPS) is 19.4. The highest BCUT2D eigenvalue weighted by Crippen LogP contribution is 2.35. The van der Waals surface area contributed by atoms with Crippen LogP contribution in [0.5, 0.6) is 0 Å². The standard InChI is InChI=1S/C12H20ClN3O/c1-2-5-16-11(14-10-15-16)8-12(9-13)3-6-17-7-4-12/h10H,2-9H2,1H3. The monoisotopic (exact) mass is 257 g/mol. The molecule has 1 saturated heterocycles. The molecule has 1 fully saturated rings. The lowest BCUT2D eigenvalue weighted by Gasteiger charge is -2.35. The van der Waals surface area contributed by atoms with Crippen LogP contribution in [0.15, 0.2) is 6.33 Å². The second kappa shape index (κ2) is 5.83. The number of aromatic nitrogens is 3. The highest BCUT2D eigenvalue weighted by molar-refractivity contribution is 6.18. The molecule has 2 heterocycles. The molecule has 0 N–H and O–H groups in total. The molecule has 4 nitrogen and oxygen atoms in total. The van der Waals surface area contributed by atoms with E-state index in [-0.39, 0.29) is 5.41 Å². The van der Waals surface area contributed by atoms with Crippen molar-refractivity contribution in [1.82, 2.24) is 14.8 Å². The maximum atomic E-state index is 6.17. The van der Waals surface area contributed by atoms with E-state index in [0.29, 0.717) is 5.88 Å². The lowest BCUT2D eigenvalue weighted by molar-refractivity contribution is 0.0244. The second-order valence-corrected chi connectivity index (χ2v) is 5.09. The van der Waals surface area contributed by atoms with E-state index < -0.39 is 0 Å². The van der Waals surface area contributed by atoms with Gasteiger partial charge >= 0.3 is 0 Å². The van der Waals surface area contributed by atoms with Gasteiger partial charge in [0.25, 0.3) is 0 Å². The van der Waals surface area contributed by atoms with Gasteiger partial charge in [0.2, 0.25) is 0 Å². The molecule has 0 spiro atoms. The molecule has 2 rings (SSSR count). The molecule has 0 radical (unpaired) electrons. The summed E-state index contributed by atoms with van der Waals surface area (Å²) in [7, 11) is 0. The number of hydrogen-bond donors (Lipinski definition) is 0. The maximum Gasteiger partial charge on any atom is 0.138 e. The third-order valence-electron chi connectivity index (χ3n) is 3.50. The largest absolute Gasteiger partial charge is 0.381 e. The van der Waals surface area contributed by atoms with Gasteiger partial charge in [-0.1, -0.05) is 6.92 Å². The van der Waals surface area contributed by atoms with Gasteiger partial charge in [-0.05, 0) is 24.7 Å². The highest BCUT2D eigenvalue weighted by Gasteiger charge is 2.33. The van der Waals surface area contributed by atoms with Gasteiger partial charge in [0.1, 0.15) is 12.2 Å². The first-order valence-corrected chi connectivity index (χ1v) is 6.83. The Bertz CT molecular complexity index is 347. The number of alkyl halides is 1. The van der Waals surface area contributed by atoms with Crippen molar-refractivity contribution in [2.24, 2.45) is 5.41 Å². The summed E-state index contributed by atoms with van der Waals surface area (Å²) >= 11 is 6.17. The van der Waals surface area contributed by atoms with Crippen LogP contribution >= 0.6 is 11.6 Å². The number of ether oxygens (including phenoxy) is 1. The van der Waals surface area contributed by atoms with Crippen LogP contribution in [0.3, 0.4) is 0 Å². The summed E-state index contributed by atoms with van der Waals surface area (Å²) < 4.78 is 7.43. The van der Waals surface area contributed by atoms with Crippen LogP contribution in [0.25, 0.3) is 0 Å². The van der Waals surface area contributed by atoms with E-state index in [2.05, 4.69) is 17.0 Å². The van der Waals surface area contributed by atoms with Crippen LogP contribution in [-0.4, -0.2) is 33.9 Å². The van der Waals surface area contributed by atoms with Gasteiger partial charge in [0, 0.05) is 32.1 Å². The van der Waals surface area contributed by atoms with Gasteiger partial charge < -0.3 is 4.74 Å². The van der Waals surface area contributed by atoms with E-state index in [9.17, 15) is 0 Å². The molecule has 0 saturated carbocycles. The summed E-state index contributed by atoms with van der Waals surface area (Å²) in [5.74, 6) is 1.74. The molecule has 1 aromatic rings. The van der Waals surface area contributed by atoms with Crippen LogP contribution in [0.4, 0.5) is 0 Å². The van der Waals surface area contributed by atoms with Gasteiger partial charge in [0.05, 0.1) is 0 Å². The van der Waals surface area contributed by atoms with Crippen molar-refractivity contribution < 1.29 is 4.74 Å². The topological polar surface area (TPSA) is 39.9 Å². The van der Waals surface area contributed by atoms with Crippen molar-refractivity contribution in [2.75, 3.05) is 19.1 Å². The second-order valence-electron chi connectivity index (χ2n) is 4.82. The van der Waals surface area contributed by atoms with Crippen molar-refractivity contribution in [3.63, 3.8) is 0 Å². The van der Waals surface area contributed by atoms with Crippen LogP contribution in [-0.2, 0) is 17.7 Å². The fraction of sp³-hybridized carbons (Fsp3) is 0.833. The average Bonchev–Trinajstić information content (AvgIpc) is 2.78. The van der Waals surface area contributed by atoms with Crippen molar-refractivity contribution >= 4 is 11.6 Å². The summed E-state index contributed by atoms with van der Waals surface area (Å²) in [5.41, 5.74) is 0.151. The van der Waals surface area contributed by atoms with Crippen LogP contribution in [0, 0.1) is 5.41 Å². The number of aryl methyl sites for hydroxylation is 1. The molecule has 1 aromatic heterocycles. The molecule has 0 amide bonds. The van der Waals surface area contributed by atoms with E-state index in [0.717, 1.165) is 51.3 Å². The van der Waals surface area contributed by atoms with E-state index in [1.165, 1.54) is 0 Å². The van der Waals surface area contributed by atoms with Gasteiger partial charge in [0.15, 0.2) is 0 Å². The molecule has 0 atom stereocenters.